The number of fused-ring (bicyclic) bond motifs is 1. The van der Waals surface area contributed by atoms with Crippen LogP contribution in [0.5, 0.6) is 5.75 Å². The van der Waals surface area contributed by atoms with Gasteiger partial charge in [0.1, 0.15) is 12.3 Å². The number of benzene rings is 1. The Morgan fingerprint density at radius 2 is 2.09 bits per heavy atom. The van der Waals surface area contributed by atoms with Crippen LogP contribution in [0.1, 0.15) is 6.92 Å². The molecule has 0 radical (unpaired) electrons. The Labute approximate surface area is 137 Å². The second kappa shape index (κ2) is 6.24. The molecule has 1 fully saturated rings. The van der Waals surface area contributed by atoms with Crippen molar-refractivity contribution in [1.29, 1.82) is 0 Å². The van der Waals surface area contributed by atoms with Gasteiger partial charge in [0.2, 0.25) is 5.91 Å². The Hall–Kier alpha value is -2.01. The second-order valence-corrected chi connectivity index (χ2v) is 6.68. The number of methoxy groups -OCH3 is 1. The Kier molecular flexibility index (Phi) is 4.31. The SMILES string of the molecule is COc1ccc2c(ccn2CC(=O)N2C[C@@H](C)[C@H](N(C)C)C2)c1. The predicted molar refractivity (Wildman–Crippen MR) is 91.7 cm³/mol. The maximum atomic E-state index is 12.7. The molecule has 2 atom stereocenters. The summed E-state index contributed by atoms with van der Waals surface area (Å²) in [6.07, 6.45) is 1.98. The van der Waals surface area contributed by atoms with E-state index in [0.29, 0.717) is 18.5 Å². The highest BCUT2D eigenvalue weighted by molar-refractivity contribution is 5.84. The first-order chi connectivity index (χ1) is 11.0. The highest BCUT2D eigenvalue weighted by Gasteiger charge is 2.33. The normalized spacial score (nSPS) is 21.3. The molecule has 0 bridgehead atoms. The number of carbonyl (C=O) groups excluding carboxylic acids is 1. The van der Waals surface area contributed by atoms with E-state index in [1.807, 2.05) is 39.9 Å². The summed E-state index contributed by atoms with van der Waals surface area (Å²) in [5.74, 6) is 1.54. The average Bonchev–Trinajstić information content (AvgIpc) is 3.10. The number of aromatic nitrogens is 1. The van der Waals surface area contributed by atoms with Crippen LogP contribution in [-0.2, 0) is 11.3 Å². The maximum absolute atomic E-state index is 12.7. The van der Waals surface area contributed by atoms with Crippen molar-refractivity contribution < 1.29 is 9.53 Å². The van der Waals surface area contributed by atoms with E-state index in [9.17, 15) is 4.79 Å². The van der Waals surface area contributed by atoms with Crippen LogP contribution in [-0.4, -0.2) is 60.6 Å². The highest BCUT2D eigenvalue weighted by Crippen LogP contribution is 2.23. The summed E-state index contributed by atoms with van der Waals surface area (Å²) in [7, 11) is 5.83. The smallest absolute Gasteiger partial charge is 0.242 e. The molecule has 1 aromatic carbocycles. The first-order valence-corrected chi connectivity index (χ1v) is 8.06. The number of likely N-dealkylation sites (N-methyl/N-ethyl adjacent to an activating group) is 1. The minimum absolute atomic E-state index is 0.189. The number of amides is 1. The van der Waals surface area contributed by atoms with Gasteiger partial charge in [-0.15, -0.1) is 0 Å². The van der Waals surface area contributed by atoms with E-state index in [4.69, 9.17) is 4.74 Å². The van der Waals surface area contributed by atoms with Gasteiger partial charge in [0.25, 0.3) is 0 Å². The zero-order chi connectivity index (χ0) is 16.6. The fourth-order valence-electron chi connectivity index (χ4n) is 3.51. The van der Waals surface area contributed by atoms with E-state index in [1.165, 1.54) is 0 Å². The predicted octanol–water partition coefficient (Wildman–Crippen LogP) is 2.06. The molecule has 124 valence electrons. The molecule has 1 aliphatic rings. The van der Waals surface area contributed by atoms with Crippen LogP contribution >= 0.6 is 0 Å². The number of hydrogen-bond acceptors (Lipinski definition) is 3. The van der Waals surface area contributed by atoms with Crippen LogP contribution < -0.4 is 4.74 Å². The van der Waals surface area contributed by atoms with Crippen molar-refractivity contribution in [2.24, 2.45) is 5.92 Å². The van der Waals surface area contributed by atoms with Crippen LogP contribution in [0.2, 0.25) is 0 Å². The molecule has 3 rings (SSSR count). The first-order valence-electron chi connectivity index (χ1n) is 8.06. The fraction of sp³-hybridized carbons (Fsp3) is 0.500. The Balaban J connectivity index is 1.74. The molecule has 1 aliphatic heterocycles. The Morgan fingerprint density at radius 3 is 2.74 bits per heavy atom. The number of ether oxygens (including phenoxy) is 1. The molecule has 23 heavy (non-hydrogen) atoms. The van der Waals surface area contributed by atoms with Gasteiger partial charge in [0, 0.05) is 36.2 Å². The van der Waals surface area contributed by atoms with Gasteiger partial charge < -0.3 is 19.1 Å². The molecule has 1 amide bonds. The number of rotatable bonds is 4. The van der Waals surface area contributed by atoms with E-state index in [-0.39, 0.29) is 5.91 Å². The summed E-state index contributed by atoms with van der Waals surface area (Å²) < 4.78 is 7.27. The molecule has 1 saturated heterocycles. The summed E-state index contributed by atoms with van der Waals surface area (Å²) in [5.41, 5.74) is 1.07. The van der Waals surface area contributed by atoms with E-state index < -0.39 is 0 Å². The van der Waals surface area contributed by atoms with E-state index >= 15 is 0 Å². The molecule has 0 spiro atoms. The molecule has 5 heteroatoms. The molecule has 0 N–H and O–H groups in total. The molecule has 2 heterocycles. The van der Waals surface area contributed by atoms with Crippen LogP contribution in [0.4, 0.5) is 0 Å². The van der Waals surface area contributed by atoms with E-state index in [0.717, 1.165) is 29.7 Å². The number of carbonyl (C=O) groups is 1. The fourth-order valence-corrected chi connectivity index (χ4v) is 3.51. The van der Waals surface area contributed by atoms with Crippen LogP contribution in [0, 0.1) is 5.92 Å². The highest BCUT2D eigenvalue weighted by atomic mass is 16.5. The minimum Gasteiger partial charge on any atom is -0.497 e. The Morgan fingerprint density at radius 1 is 1.30 bits per heavy atom. The summed E-state index contributed by atoms with van der Waals surface area (Å²) in [6, 6.07) is 8.42. The lowest BCUT2D eigenvalue weighted by Crippen LogP contribution is -2.36. The third-order valence-corrected chi connectivity index (χ3v) is 4.87. The average molecular weight is 315 g/mol. The molecule has 5 nitrogen and oxygen atoms in total. The topological polar surface area (TPSA) is 37.7 Å². The molecule has 0 aliphatic carbocycles. The molecule has 0 saturated carbocycles. The molecule has 1 aromatic heterocycles. The van der Waals surface area contributed by atoms with Gasteiger partial charge in [-0.2, -0.15) is 0 Å². The van der Waals surface area contributed by atoms with Crippen molar-refractivity contribution in [2.45, 2.75) is 19.5 Å². The molecule has 0 unspecified atom stereocenters. The van der Waals surface area contributed by atoms with Crippen LogP contribution in [0.3, 0.4) is 0 Å². The van der Waals surface area contributed by atoms with Gasteiger partial charge in [0.05, 0.1) is 7.11 Å². The van der Waals surface area contributed by atoms with Crippen molar-refractivity contribution in [1.82, 2.24) is 14.4 Å². The number of nitrogens with zero attached hydrogens (tertiary/aromatic N) is 3. The Bertz CT molecular complexity index is 707. The molecular formula is C18H25N3O2. The minimum atomic E-state index is 0.189. The number of hydrogen-bond donors (Lipinski definition) is 0. The quantitative estimate of drug-likeness (QED) is 0.867. The van der Waals surface area contributed by atoms with Gasteiger partial charge in [0.15, 0.2) is 0 Å². The first kappa shape index (κ1) is 15.9. The van der Waals surface area contributed by atoms with Crippen LogP contribution in [0.15, 0.2) is 30.5 Å². The van der Waals surface area contributed by atoms with Gasteiger partial charge in [-0.25, -0.2) is 0 Å². The maximum Gasteiger partial charge on any atom is 0.242 e. The van der Waals surface area contributed by atoms with Crippen molar-refractivity contribution in [3.05, 3.63) is 30.5 Å². The summed E-state index contributed by atoms with van der Waals surface area (Å²) >= 11 is 0. The zero-order valence-electron chi connectivity index (χ0n) is 14.3. The molecular weight excluding hydrogens is 290 g/mol. The van der Waals surface area contributed by atoms with E-state index in [1.54, 1.807) is 7.11 Å². The van der Waals surface area contributed by atoms with Crippen molar-refractivity contribution >= 4 is 16.8 Å². The van der Waals surface area contributed by atoms with Crippen molar-refractivity contribution in [3.8, 4) is 5.75 Å². The lowest BCUT2D eigenvalue weighted by Gasteiger charge is -2.22. The summed E-state index contributed by atoms with van der Waals surface area (Å²) in [6.45, 7) is 4.27. The summed E-state index contributed by atoms with van der Waals surface area (Å²) in [4.78, 5) is 16.9. The van der Waals surface area contributed by atoms with Crippen LogP contribution in [0.25, 0.3) is 10.9 Å². The van der Waals surface area contributed by atoms with Gasteiger partial charge in [-0.1, -0.05) is 6.92 Å². The number of likely N-dealkylation sites (tertiary alicyclic amines) is 1. The monoisotopic (exact) mass is 315 g/mol. The second-order valence-electron chi connectivity index (χ2n) is 6.68. The third kappa shape index (κ3) is 3.06. The van der Waals surface area contributed by atoms with Gasteiger partial charge in [-0.05, 0) is 44.3 Å². The lowest BCUT2D eigenvalue weighted by molar-refractivity contribution is -0.130. The zero-order valence-corrected chi connectivity index (χ0v) is 14.3. The lowest BCUT2D eigenvalue weighted by atomic mass is 10.1. The standard InChI is InChI=1S/C18H25N3O2/c1-13-10-21(11-17(13)19(2)3)18(22)12-20-8-7-14-9-15(23-4)5-6-16(14)20/h5-9,13,17H,10-12H2,1-4H3/t13-,17-/m1/s1. The molecule has 2 aromatic rings. The van der Waals surface area contributed by atoms with Crippen molar-refractivity contribution in [3.63, 3.8) is 0 Å². The largest absolute Gasteiger partial charge is 0.497 e. The van der Waals surface area contributed by atoms with E-state index in [2.05, 4.69) is 25.9 Å². The van der Waals surface area contributed by atoms with Gasteiger partial charge >= 0.3 is 0 Å². The van der Waals surface area contributed by atoms with Gasteiger partial charge in [-0.3, -0.25) is 4.79 Å². The third-order valence-electron chi connectivity index (χ3n) is 4.87. The summed E-state index contributed by atoms with van der Waals surface area (Å²) in [5, 5.41) is 1.10. The van der Waals surface area contributed by atoms with Crippen molar-refractivity contribution in [2.75, 3.05) is 34.3 Å².